The minimum atomic E-state index is 0.438. The molecule has 0 spiro atoms. The van der Waals surface area contributed by atoms with Crippen LogP contribution in [0.15, 0.2) is 34.1 Å². The zero-order valence-electron chi connectivity index (χ0n) is 12.5. The first kappa shape index (κ1) is 16.3. The fourth-order valence-corrected chi connectivity index (χ4v) is 3.23. The lowest BCUT2D eigenvalue weighted by Crippen LogP contribution is -2.22. The van der Waals surface area contributed by atoms with Gasteiger partial charge in [0.15, 0.2) is 0 Å². The van der Waals surface area contributed by atoms with Crippen LogP contribution in [0.4, 0.5) is 0 Å². The van der Waals surface area contributed by atoms with Crippen LogP contribution in [0.1, 0.15) is 24.3 Å². The smallest absolute Gasteiger partial charge is 0.128 e. The average Bonchev–Trinajstić information content (AvgIpc) is 2.88. The van der Waals surface area contributed by atoms with E-state index in [1.807, 2.05) is 24.3 Å². The van der Waals surface area contributed by atoms with Gasteiger partial charge in [-0.1, -0.05) is 19.9 Å². The third kappa shape index (κ3) is 5.02. The Kier molecular flexibility index (Phi) is 6.08. The predicted molar refractivity (Wildman–Crippen MR) is 91.3 cm³/mol. The monoisotopic (exact) mass is 369 g/mol. The largest absolute Gasteiger partial charge is 0.497 e. The average molecular weight is 370 g/mol. The predicted octanol–water partition coefficient (Wildman–Crippen LogP) is 4.60. The Morgan fingerprint density at radius 2 is 2.05 bits per heavy atom. The molecule has 0 aliphatic carbocycles. The van der Waals surface area contributed by atoms with E-state index in [0.717, 1.165) is 27.4 Å². The summed E-state index contributed by atoms with van der Waals surface area (Å²) < 4.78 is 12.4. The molecule has 1 heterocycles. The number of benzene rings is 1. The third-order valence-corrected chi connectivity index (χ3v) is 4.57. The molecule has 0 unspecified atom stereocenters. The van der Waals surface area contributed by atoms with Crippen LogP contribution in [-0.2, 0) is 13.2 Å². The van der Waals surface area contributed by atoms with E-state index in [2.05, 4.69) is 41.2 Å². The summed E-state index contributed by atoms with van der Waals surface area (Å²) in [5.74, 6) is 1.68. The molecule has 0 amide bonds. The minimum absolute atomic E-state index is 0.438. The molecule has 1 N–H and O–H groups in total. The van der Waals surface area contributed by atoms with E-state index in [9.17, 15) is 0 Å². The molecule has 0 fully saturated rings. The first-order chi connectivity index (χ1) is 10.1. The van der Waals surface area contributed by atoms with E-state index >= 15 is 0 Å². The van der Waals surface area contributed by atoms with E-state index < -0.39 is 0 Å². The number of ether oxygens (including phenoxy) is 2. The number of methoxy groups -OCH3 is 1. The molecule has 0 saturated heterocycles. The molecule has 1 aromatic carbocycles. The van der Waals surface area contributed by atoms with E-state index in [4.69, 9.17) is 9.47 Å². The number of hydrogen-bond acceptors (Lipinski definition) is 4. The van der Waals surface area contributed by atoms with Gasteiger partial charge >= 0.3 is 0 Å². The molecule has 1 aromatic heterocycles. The summed E-state index contributed by atoms with van der Waals surface area (Å²) in [6.07, 6.45) is 0. The molecule has 0 atom stereocenters. The van der Waals surface area contributed by atoms with Gasteiger partial charge in [0.25, 0.3) is 0 Å². The number of rotatable bonds is 7. The van der Waals surface area contributed by atoms with Crippen molar-refractivity contribution in [2.45, 2.75) is 33.0 Å². The summed E-state index contributed by atoms with van der Waals surface area (Å²) in [6, 6.07) is 10.5. The highest BCUT2D eigenvalue weighted by Crippen LogP contribution is 2.28. The molecule has 0 radical (unpaired) electrons. The second kappa shape index (κ2) is 7.82. The Morgan fingerprint density at radius 3 is 2.67 bits per heavy atom. The van der Waals surface area contributed by atoms with Crippen molar-refractivity contribution in [3.8, 4) is 11.5 Å². The number of thiophene rings is 1. The van der Waals surface area contributed by atoms with Gasteiger partial charge in [0.2, 0.25) is 0 Å². The number of hydrogen-bond donors (Lipinski definition) is 1. The lowest BCUT2D eigenvalue weighted by atomic mass is 10.2. The molecule has 0 aliphatic heterocycles. The van der Waals surface area contributed by atoms with Gasteiger partial charge in [-0.3, -0.25) is 0 Å². The Bertz CT molecular complexity index is 583. The Balaban J connectivity index is 2.10. The van der Waals surface area contributed by atoms with Crippen molar-refractivity contribution in [1.82, 2.24) is 5.32 Å². The van der Waals surface area contributed by atoms with Crippen LogP contribution in [-0.4, -0.2) is 13.2 Å². The van der Waals surface area contributed by atoms with Gasteiger partial charge in [-0.25, -0.2) is 0 Å². The number of halogens is 1. The molecule has 114 valence electrons. The van der Waals surface area contributed by atoms with Crippen LogP contribution in [0.5, 0.6) is 11.5 Å². The normalized spacial score (nSPS) is 10.9. The van der Waals surface area contributed by atoms with Gasteiger partial charge in [0.05, 0.1) is 10.9 Å². The van der Waals surface area contributed by atoms with Crippen molar-refractivity contribution < 1.29 is 9.47 Å². The lowest BCUT2D eigenvalue weighted by molar-refractivity contribution is 0.302. The molecule has 2 aromatic rings. The first-order valence-electron chi connectivity index (χ1n) is 6.86. The molecule has 3 nitrogen and oxygen atoms in total. The summed E-state index contributed by atoms with van der Waals surface area (Å²) in [5.41, 5.74) is 1.14. The molecule has 0 bridgehead atoms. The maximum atomic E-state index is 5.98. The fraction of sp³-hybridized carbons (Fsp3) is 0.375. The van der Waals surface area contributed by atoms with Crippen molar-refractivity contribution in [3.05, 3.63) is 44.6 Å². The van der Waals surface area contributed by atoms with Crippen molar-refractivity contribution in [1.29, 1.82) is 0 Å². The summed E-state index contributed by atoms with van der Waals surface area (Å²) >= 11 is 5.16. The SMILES string of the molecule is COc1ccc(CNC(C)C)c(OCc2ccc(Br)s2)c1. The highest BCUT2D eigenvalue weighted by molar-refractivity contribution is 9.11. The summed E-state index contributed by atoms with van der Waals surface area (Å²) in [5, 5.41) is 3.42. The van der Waals surface area contributed by atoms with Gasteiger partial charge in [0, 0.05) is 29.1 Å². The molecule has 0 saturated carbocycles. The summed E-state index contributed by atoms with van der Waals surface area (Å²) in [4.78, 5) is 1.19. The van der Waals surface area contributed by atoms with Crippen LogP contribution < -0.4 is 14.8 Å². The van der Waals surface area contributed by atoms with Gasteiger partial charge in [0.1, 0.15) is 18.1 Å². The minimum Gasteiger partial charge on any atom is -0.497 e. The van der Waals surface area contributed by atoms with Crippen LogP contribution in [0, 0.1) is 0 Å². The molecular formula is C16H20BrNO2S. The fourth-order valence-electron chi connectivity index (χ4n) is 1.83. The van der Waals surface area contributed by atoms with Crippen molar-refractivity contribution in [3.63, 3.8) is 0 Å². The standard InChI is InChI=1S/C16H20BrNO2S/c1-11(2)18-9-12-4-5-13(19-3)8-15(12)20-10-14-6-7-16(17)21-14/h4-8,11,18H,9-10H2,1-3H3. The highest BCUT2D eigenvalue weighted by atomic mass is 79.9. The quantitative estimate of drug-likeness (QED) is 0.773. The Labute approximate surface area is 138 Å². The molecule has 21 heavy (non-hydrogen) atoms. The second-order valence-electron chi connectivity index (χ2n) is 5.00. The van der Waals surface area contributed by atoms with Crippen LogP contribution >= 0.6 is 27.3 Å². The number of nitrogens with one attached hydrogen (secondary N) is 1. The maximum absolute atomic E-state index is 5.98. The first-order valence-corrected chi connectivity index (χ1v) is 8.46. The van der Waals surface area contributed by atoms with E-state index in [-0.39, 0.29) is 0 Å². The zero-order chi connectivity index (χ0) is 15.2. The van der Waals surface area contributed by atoms with Crippen LogP contribution in [0.25, 0.3) is 0 Å². The van der Waals surface area contributed by atoms with Gasteiger partial charge in [-0.15, -0.1) is 11.3 Å². The van der Waals surface area contributed by atoms with Gasteiger partial charge < -0.3 is 14.8 Å². The van der Waals surface area contributed by atoms with E-state index in [1.165, 1.54) is 4.88 Å². The van der Waals surface area contributed by atoms with Crippen molar-refractivity contribution in [2.75, 3.05) is 7.11 Å². The van der Waals surface area contributed by atoms with E-state index in [0.29, 0.717) is 12.6 Å². The zero-order valence-corrected chi connectivity index (χ0v) is 14.9. The summed E-state index contributed by atoms with van der Waals surface area (Å²) in [7, 11) is 1.67. The Morgan fingerprint density at radius 1 is 1.24 bits per heavy atom. The highest BCUT2D eigenvalue weighted by Gasteiger charge is 2.08. The van der Waals surface area contributed by atoms with Crippen LogP contribution in [0.3, 0.4) is 0 Å². The van der Waals surface area contributed by atoms with Crippen molar-refractivity contribution >= 4 is 27.3 Å². The Hall–Kier alpha value is -1.04. The maximum Gasteiger partial charge on any atom is 0.128 e. The molecule has 0 aliphatic rings. The molecular weight excluding hydrogens is 350 g/mol. The molecule has 5 heteroatoms. The van der Waals surface area contributed by atoms with E-state index in [1.54, 1.807) is 18.4 Å². The molecule has 2 rings (SSSR count). The lowest BCUT2D eigenvalue weighted by Gasteiger charge is -2.14. The second-order valence-corrected chi connectivity index (χ2v) is 7.55. The van der Waals surface area contributed by atoms with Crippen molar-refractivity contribution in [2.24, 2.45) is 0 Å². The van der Waals surface area contributed by atoms with Gasteiger partial charge in [-0.05, 0) is 34.1 Å². The van der Waals surface area contributed by atoms with Gasteiger partial charge in [-0.2, -0.15) is 0 Å². The third-order valence-electron chi connectivity index (χ3n) is 2.97. The van der Waals surface area contributed by atoms with Crippen LogP contribution in [0.2, 0.25) is 0 Å². The summed E-state index contributed by atoms with van der Waals surface area (Å²) in [6.45, 7) is 5.61. The topological polar surface area (TPSA) is 30.5 Å².